The maximum Gasteiger partial charge on any atom is 0.237 e. The van der Waals surface area contributed by atoms with Crippen molar-refractivity contribution in [2.75, 3.05) is 6.61 Å². The van der Waals surface area contributed by atoms with Gasteiger partial charge in [0.15, 0.2) is 5.82 Å². The zero-order valence-electron chi connectivity index (χ0n) is 10.7. The summed E-state index contributed by atoms with van der Waals surface area (Å²) in [5.41, 5.74) is 1.10. The molecule has 19 heavy (non-hydrogen) atoms. The van der Waals surface area contributed by atoms with E-state index in [9.17, 15) is 0 Å². The number of fused-ring (bicyclic) bond motifs is 1. The first kappa shape index (κ1) is 12.5. The van der Waals surface area contributed by atoms with Gasteiger partial charge in [-0.2, -0.15) is 4.98 Å². The molecule has 0 saturated carbocycles. The molecule has 1 aromatic carbocycles. The molecule has 1 aliphatic rings. The molecule has 0 N–H and O–H groups in total. The van der Waals surface area contributed by atoms with Gasteiger partial charge >= 0.3 is 0 Å². The molecule has 0 bridgehead atoms. The lowest BCUT2D eigenvalue weighted by molar-refractivity contribution is 0.304. The summed E-state index contributed by atoms with van der Waals surface area (Å²) in [6.07, 6.45) is 1.84. The Balaban J connectivity index is 1.85. The van der Waals surface area contributed by atoms with Crippen LogP contribution < -0.4 is 4.74 Å². The van der Waals surface area contributed by atoms with Crippen LogP contribution in [0.1, 0.15) is 48.3 Å². The van der Waals surface area contributed by atoms with Crippen molar-refractivity contribution in [2.24, 2.45) is 0 Å². The molecular formula is C14H15ClN2O2. The van der Waals surface area contributed by atoms with Gasteiger partial charge in [-0.1, -0.05) is 36.7 Å². The van der Waals surface area contributed by atoms with Crippen LogP contribution in [0.5, 0.6) is 5.75 Å². The second kappa shape index (κ2) is 5.21. The summed E-state index contributed by atoms with van der Waals surface area (Å²) in [6, 6.07) is 7.92. The van der Waals surface area contributed by atoms with Gasteiger partial charge in [-0.05, 0) is 12.5 Å². The molecular weight excluding hydrogens is 264 g/mol. The van der Waals surface area contributed by atoms with Crippen LogP contribution in [0, 0.1) is 0 Å². The minimum atomic E-state index is -0.180. The first-order chi connectivity index (χ1) is 9.29. The highest BCUT2D eigenvalue weighted by Gasteiger charge is 2.30. The number of para-hydroxylation sites is 1. The molecule has 2 aromatic rings. The number of alkyl halides is 1. The van der Waals surface area contributed by atoms with Gasteiger partial charge in [0.2, 0.25) is 5.89 Å². The highest BCUT2D eigenvalue weighted by Crippen LogP contribution is 2.37. The second-order valence-corrected chi connectivity index (χ2v) is 5.18. The molecule has 100 valence electrons. The fraction of sp³-hybridized carbons (Fsp3) is 0.429. The fourth-order valence-electron chi connectivity index (χ4n) is 2.27. The van der Waals surface area contributed by atoms with Crippen LogP contribution in [0.3, 0.4) is 0 Å². The molecule has 1 aliphatic heterocycles. The SMILES string of the molecule is CCCC(Cl)c1noc(C2COc3ccccc32)n1. The van der Waals surface area contributed by atoms with Crippen molar-refractivity contribution in [3.63, 3.8) is 0 Å². The van der Waals surface area contributed by atoms with Crippen LogP contribution in [-0.2, 0) is 0 Å². The topological polar surface area (TPSA) is 48.2 Å². The van der Waals surface area contributed by atoms with Gasteiger partial charge in [0.25, 0.3) is 0 Å². The van der Waals surface area contributed by atoms with Gasteiger partial charge in [-0.15, -0.1) is 11.6 Å². The van der Waals surface area contributed by atoms with E-state index in [1.54, 1.807) is 0 Å². The number of nitrogens with zero attached hydrogens (tertiary/aromatic N) is 2. The van der Waals surface area contributed by atoms with E-state index in [1.807, 2.05) is 24.3 Å². The summed E-state index contributed by atoms with van der Waals surface area (Å²) >= 11 is 6.21. The predicted octanol–water partition coefficient (Wildman–Crippen LogP) is 3.67. The van der Waals surface area contributed by atoms with E-state index in [1.165, 1.54) is 0 Å². The molecule has 0 saturated heterocycles. The molecule has 5 heteroatoms. The summed E-state index contributed by atoms with van der Waals surface area (Å²) in [6.45, 7) is 2.62. The number of benzene rings is 1. The molecule has 0 amide bonds. The Labute approximate surface area is 116 Å². The van der Waals surface area contributed by atoms with Crippen molar-refractivity contribution in [3.05, 3.63) is 41.5 Å². The predicted molar refractivity (Wildman–Crippen MR) is 71.6 cm³/mol. The lowest BCUT2D eigenvalue weighted by Gasteiger charge is -2.02. The number of hydrogen-bond acceptors (Lipinski definition) is 4. The molecule has 2 unspecified atom stereocenters. The third-order valence-electron chi connectivity index (χ3n) is 3.28. The second-order valence-electron chi connectivity index (χ2n) is 4.65. The molecule has 2 heterocycles. The van der Waals surface area contributed by atoms with E-state index in [2.05, 4.69) is 17.1 Å². The van der Waals surface area contributed by atoms with E-state index < -0.39 is 0 Å². The molecule has 3 rings (SSSR count). The summed E-state index contributed by atoms with van der Waals surface area (Å²) < 4.78 is 11.0. The van der Waals surface area contributed by atoms with Gasteiger partial charge < -0.3 is 9.26 Å². The molecule has 0 radical (unpaired) electrons. The van der Waals surface area contributed by atoms with Crippen molar-refractivity contribution >= 4 is 11.6 Å². The Hall–Kier alpha value is -1.55. The van der Waals surface area contributed by atoms with Crippen molar-refractivity contribution in [2.45, 2.75) is 31.1 Å². The number of aromatic nitrogens is 2. The minimum absolute atomic E-state index is 0.0166. The third kappa shape index (κ3) is 2.32. The maximum atomic E-state index is 6.21. The van der Waals surface area contributed by atoms with E-state index in [0.29, 0.717) is 18.3 Å². The van der Waals surface area contributed by atoms with Gasteiger partial charge in [0.1, 0.15) is 18.3 Å². The Morgan fingerprint density at radius 2 is 2.26 bits per heavy atom. The van der Waals surface area contributed by atoms with Crippen LogP contribution in [0.25, 0.3) is 0 Å². The number of ether oxygens (including phenoxy) is 1. The summed E-state index contributed by atoms with van der Waals surface area (Å²) in [7, 11) is 0. The standard InChI is InChI=1S/C14H15ClN2O2/c1-2-5-11(15)13-16-14(19-17-13)10-8-18-12-7-4-3-6-9(10)12/h3-4,6-7,10-11H,2,5,8H2,1H3. The van der Waals surface area contributed by atoms with E-state index in [-0.39, 0.29) is 11.3 Å². The number of halogens is 1. The van der Waals surface area contributed by atoms with Gasteiger partial charge in [0, 0.05) is 5.56 Å². The minimum Gasteiger partial charge on any atom is -0.492 e. The number of rotatable bonds is 4. The van der Waals surface area contributed by atoms with Crippen LogP contribution in [0.2, 0.25) is 0 Å². The summed E-state index contributed by atoms with van der Waals surface area (Å²) in [4.78, 5) is 4.42. The smallest absolute Gasteiger partial charge is 0.237 e. The quantitative estimate of drug-likeness (QED) is 0.801. The van der Waals surface area contributed by atoms with Gasteiger partial charge in [0.05, 0.1) is 5.38 Å². The monoisotopic (exact) mass is 278 g/mol. The highest BCUT2D eigenvalue weighted by atomic mass is 35.5. The molecule has 0 aliphatic carbocycles. The van der Waals surface area contributed by atoms with Crippen LogP contribution in [0.4, 0.5) is 0 Å². The Morgan fingerprint density at radius 1 is 1.42 bits per heavy atom. The molecule has 2 atom stereocenters. The summed E-state index contributed by atoms with van der Waals surface area (Å²) in [5.74, 6) is 2.07. The zero-order valence-corrected chi connectivity index (χ0v) is 11.4. The van der Waals surface area contributed by atoms with Gasteiger partial charge in [-0.25, -0.2) is 0 Å². The average Bonchev–Trinajstić information content (AvgIpc) is 3.05. The van der Waals surface area contributed by atoms with Crippen LogP contribution in [0.15, 0.2) is 28.8 Å². The molecule has 4 nitrogen and oxygen atoms in total. The lowest BCUT2D eigenvalue weighted by Crippen LogP contribution is -2.03. The van der Waals surface area contributed by atoms with E-state index in [4.69, 9.17) is 20.9 Å². The van der Waals surface area contributed by atoms with Gasteiger partial charge in [-0.3, -0.25) is 0 Å². The molecule has 0 fully saturated rings. The first-order valence-corrected chi connectivity index (χ1v) is 6.92. The highest BCUT2D eigenvalue weighted by molar-refractivity contribution is 6.20. The Morgan fingerprint density at radius 3 is 3.11 bits per heavy atom. The first-order valence-electron chi connectivity index (χ1n) is 6.49. The number of hydrogen-bond donors (Lipinski definition) is 0. The Bertz CT molecular complexity index is 570. The van der Waals surface area contributed by atoms with Crippen molar-refractivity contribution in [1.29, 1.82) is 0 Å². The van der Waals surface area contributed by atoms with Crippen molar-refractivity contribution < 1.29 is 9.26 Å². The van der Waals surface area contributed by atoms with Crippen molar-refractivity contribution in [3.8, 4) is 5.75 Å². The largest absolute Gasteiger partial charge is 0.492 e. The van der Waals surface area contributed by atoms with Crippen molar-refractivity contribution in [1.82, 2.24) is 10.1 Å². The van der Waals surface area contributed by atoms with Crippen LogP contribution >= 0.6 is 11.6 Å². The van der Waals surface area contributed by atoms with Crippen LogP contribution in [-0.4, -0.2) is 16.7 Å². The summed E-state index contributed by atoms with van der Waals surface area (Å²) in [5, 5.41) is 3.80. The average molecular weight is 279 g/mol. The molecule has 0 spiro atoms. The normalized spacial score (nSPS) is 18.9. The van der Waals surface area contributed by atoms with E-state index >= 15 is 0 Å². The van der Waals surface area contributed by atoms with E-state index in [0.717, 1.165) is 24.2 Å². The lowest BCUT2D eigenvalue weighted by atomic mass is 10.0. The Kier molecular flexibility index (Phi) is 3.42. The fourth-order valence-corrected chi connectivity index (χ4v) is 2.57. The molecule has 1 aromatic heterocycles. The third-order valence-corrected chi connectivity index (χ3v) is 3.69. The maximum absolute atomic E-state index is 6.21. The zero-order chi connectivity index (χ0) is 13.2.